The maximum atomic E-state index is 3.46. The monoisotopic (exact) mass is 176 g/mol. The molecule has 0 fully saturated rings. The Morgan fingerprint density at radius 3 is 3.15 bits per heavy atom. The van der Waals surface area contributed by atoms with Gasteiger partial charge in [0.15, 0.2) is 0 Å². The van der Waals surface area contributed by atoms with Crippen molar-refractivity contribution in [3.8, 4) is 0 Å². The third-order valence-electron chi connectivity index (χ3n) is 2.67. The van der Waals surface area contributed by atoms with Crippen molar-refractivity contribution in [1.29, 1.82) is 0 Å². The molecule has 0 spiro atoms. The molecule has 0 saturated heterocycles. The highest BCUT2D eigenvalue weighted by Gasteiger charge is 2.19. The minimum atomic E-state index is 0.659. The van der Waals surface area contributed by atoms with Crippen LogP contribution in [0.2, 0.25) is 0 Å². The number of benzene rings is 1. The van der Waals surface area contributed by atoms with Crippen LogP contribution < -0.4 is 10.6 Å². The highest BCUT2D eigenvalue weighted by atomic mass is 14.9. The Morgan fingerprint density at radius 2 is 2.38 bits per heavy atom. The molecule has 1 unspecified atom stereocenters. The first-order valence-corrected chi connectivity index (χ1v) is 4.83. The van der Waals surface area contributed by atoms with Crippen LogP contribution in [0.1, 0.15) is 24.0 Å². The van der Waals surface area contributed by atoms with Crippen molar-refractivity contribution in [2.45, 2.75) is 19.4 Å². The second-order valence-electron chi connectivity index (χ2n) is 3.69. The predicted molar refractivity (Wildman–Crippen MR) is 56.1 cm³/mol. The fraction of sp³-hybridized carbons (Fsp3) is 0.455. The number of para-hydroxylation sites is 1. The molecule has 13 heavy (non-hydrogen) atoms. The van der Waals surface area contributed by atoms with Crippen molar-refractivity contribution in [2.24, 2.45) is 0 Å². The minimum absolute atomic E-state index is 0.659. The lowest BCUT2D eigenvalue weighted by molar-refractivity contribution is 0.819. The smallest absolute Gasteiger partial charge is 0.0421 e. The number of hydrogen-bond donors (Lipinski definition) is 2. The van der Waals surface area contributed by atoms with E-state index in [0.717, 1.165) is 13.1 Å². The standard InChI is InChI=1S/C11H16N2/c1-8-6-13-11-9(7-12-2)4-3-5-10(8)11/h3-5,8,12-13H,6-7H2,1-2H3. The number of hydrogen-bond acceptors (Lipinski definition) is 2. The van der Waals surface area contributed by atoms with E-state index in [9.17, 15) is 0 Å². The van der Waals surface area contributed by atoms with Gasteiger partial charge >= 0.3 is 0 Å². The number of rotatable bonds is 2. The van der Waals surface area contributed by atoms with Crippen molar-refractivity contribution < 1.29 is 0 Å². The Labute approximate surface area is 79.4 Å². The lowest BCUT2D eigenvalue weighted by Gasteiger charge is -2.08. The van der Waals surface area contributed by atoms with Crippen LogP contribution in [0.15, 0.2) is 18.2 Å². The van der Waals surface area contributed by atoms with Crippen LogP contribution in [0, 0.1) is 0 Å². The van der Waals surface area contributed by atoms with Crippen molar-refractivity contribution in [1.82, 2.24) is 5.32 Å². The van der Waals surface area contributed by atoms with Crippen molar-refractivity contribution in [3.63, 3.8) is 0 Å². The van der Waals surface area contributed by atoms with Gasteiger partial charge in [-0.3, -0.25) is 0 Å². The summed E-state index contributed by atoms with van der Waals surface area (Å²) in [5.74, 6) is 0.659. The fourth-order valence-electron chi connectivity index (χ4n) is 1.95. The van der Waals surface area contributed by atoms with Gasteiger partial charge in [0.1, 0.15) is 0 Å². The van der Waals surface area contributed by atoms with Crippen LogP contribution in [-0.4, -0.2) is 13.6 Å². The highest BCUT2D eigenvalue weighted by molar-refractivity contribution is 5.62. The Balaban J connectivity index is 2.38. The summed E-state index contributed by atoms with van der Waals surface area (Å²) in [5.41, 5.74) is 4.20. The lowest BCUT2D eigenvalue weighted by atomic mass is 10.0. The molecule has 0 aliphatic carbocycles. The van der Waals surface area contributed by atoms with E-state index in [1.54, 1.807) is 0 Å². The topological polar surface area (TPSA) is 24.1 Å². The van der Waals surface area contributed by atoms with Gasteiger partial charge in [0.2, 0.25) is 0 Å². The second kappa shape index (κ2) is 3.38. The molecular weight excluding hydrogens is 160 g/mol. The Hall–Kier alpha value is -1.02. The van der Waals surface area contributed by atoms with E-state index in [2.05, 4.69) is 35.8 Å². The van der Waals surface area contributed by atoms with Crippen LogP contribution in [0.3, 0.4) is 0 Å². The van der Waals surface area contributed by atoms with Gasteiger partial charge in [-0.25, -0.2) is 0 Å². The van der Waals surface area contributed by atoms with E-state index in [1.807, 2.05) is 7.05 Å². The summed E-state index contributed by atoms with van der Waals surface area (Å²) in [4.78, 5) is 0. The summed E-state index contributed by atoms with van der Waals surface area (Å²) in [7, 11) is 1.98. The van der Waals surface area contributed by atoms with E-state index in [0.29, 0.717) is 5.92 Å². The molecule has 0 aromatic heterocycles. The van der Waals surface area contributed by atoms with Gasteiger partial charge < -0.3 is 10.6 Å². The van der Waals surface area contributed by atoms with Crippen molar-refractivity contribution >= 4 is 5.69 Å². The van der Waals surface area contributed by atoms with Crippen LogP contribution in [0.25, 0.3) is 0 Å². The van der Waals surface area contributed by atoms with E-state index < -0.39 is 0 Å². The number of fused-ring (bicyclic) bond motifs is 1. The SMILES string of the molecule is CNCc1cccc2c1NCC2C. The molecule has 0 radical (unpaired) electrons. The maximum absolute atomic E-state index is 3.46. The van der Waals surface area contributed by atoms with Gasteiger partial charge in [-0.2, -0.15) is 0 Å². The molecular formula is C11H16N2. The average molecular weight is 176 g/mol. The van der Waals surface area contributed by atoms with Gasteiger partial charge in [-0.1, -0.05) is 25.1 Å². The van der Waals surface area contributed by atoms with Gasteiger partial charge in [0.05, 0.1) is 0 Å². The summed E-state index contributed by atoms with van der Waals surface area (Å²) in [6, 6.07) is 6.55. The molecule has 1 aliphatic heterocycles. The van der Waals surface area contributed by atoms with E-state index in [1.165, 1.54) is 16.8 Å². The van der Waals surface area contributed by atoms with Gasteiger partial charge in [-0.05, 0) is 18.2 Å². The molecule has 1 aliphatic rings. The molecule has 1 atom stereocenters. The Bertz CT molecular complexity index is 307. The quantitative estimate of drug-likeness (QED) is 0.719. The van der Waals surface area contributed by atoms with Crippen LogP contribution >= 0.6 is 0 Å². The molecule has 2 rings (SSSR count). The average Bonchev–Trinajstić information content (AvgIpc) is 2.50. The van der Waals surface area contributed by atoms with E-state index >= 15 is 0 Å². The van der Waals surface area contributed by atoms with E-state index in [-0.39, 0.29) is 0 Å². The summed E-state index contributed by atoms with van der Waals surface area (Å²) in [6.07, 6.45) is 0. The molecule has 1 heterocycles. The summed E-state index contributed by atoms with van der Waals surface area (Å²) in [5, 5.41) is 6.65. The summed E-state index contributed by atoms with van der Waals surface area (Å²) in [6.45, 7) is 4.29. The van der Waals surface area contributed by atoms with E-state index in [4.69, 9.17) is 0 Å². The summed E-state index contributed by atoms with van der Waals surface area (Å²) < 4.78 is 0. The zero-order valence-electron chi connectivity index (χ0n) is 8.22. The highest BCUT2D eigenvalue weighted by Crippen LogP contribution is 2.33. The predicted octanol–water partition coefficient (Wildman–Crippen LogP) is 1.94. The molecule has 1 aromatic carbocycles. The summed E-state index contributed by atoms with van der Waals surface area (Å²) >= 11 is 0. The minimum Gasteiger partial charge on any atom is -0.384 e. The zero-order chi connectivity index (χ0) is 9.26. The molecule has 1 aromatic rings. The molecule has 70 valence electrons. The first-order chi connectivity index (χ1) is 6.33. The lowest BCUT2D eigenvalue weighted by Crippen LogP contribution is -2.07. The normalized spacial score (nSPS) is 19.7. The third kappa shape index (κ3) is 1.42. The molecule has 2 nitrogen and oxygen atoms in total. The first-order valence-electron chi connectivity index (χ1n) is 4.83. The van der Waals surface area contributed by atoms with Crippen molar-refractivity contribution in [2.75, 3.05) is 18.9 Å². The molecule has 2 N–H and O–H groups in total. The van der Waals surface area contributed by atoms with Crippen LogP contribution in [0.5, 0.6) is 0 Å². The first kappa shape index (κ1) is 8.57. The molecule has 0 bridgehead atoms. The molecule has 2 heteroatoms. The second-order valence-corrected chi connectivity index (χ2v) is 3.69. The molecule has 0 amide bonds. The third-order valence-corrected chi connectivity index (χ3v) is 2.67. The van der Waals surface area contributed by atoms with Crippen molar-refractivity contribution in [3.05, 3.63) is 29.3 Å². The van der Waals surface area contributed by atoms with Gasteiger partial charge in [-0.15, -0.1) is 0 Å². The maximum Gasteiger partial charge on any atom is 0.0421 e. The number of anilines is 1. The van der Waals surface area contributed by atoms with Gasteiger partial charge in [0, 0.05) is 24.7 Å². The Kier molecular flexibility index (Phi) is 2.23. The van der Waals surface area contributed by atoms with Gasteiger partial charge in [0.25, 0.3) is 0 Å². The molecule has 0 saturated carbocycles. The Morgan fingerprint density at radius 1 is 1.54 bits per heavy atom. The number of nitrogens with one attached hydrogen (secondary N) is 2. The fourth-order valence-corrected chi connectivity index (χ4v) is 1.95. The zero-order valence-corrected chi connectivity index (χ0v) is 8.22. The van der Waals surface area contributed by atoms with Crippen LogP contribution in [0.4, 0.5) is 5.69 Å². The largest absolute Gasteiger partial charge is 0.384 e. The van der Waals surface area contributed by atoms with Crippen LogP contribution in [-0.2, 0) is 6.54 Å².